The number of hydrogen-bond acceptors (Lipinski definition) is 12. The molecule has 2 heterocycles. The van der Waals surface area contributed by atoms with E-state index in [0.29, 0.717) is 0 Å². The van der Waals surface area contributed by atoms with E-state index in [1.54, 1.807) is 0 Å². The molecule has 5 atom stereocenters. The molecule has 3 aromatic rings. The monoisotopic (exact) mass is 535 g/mol. The average Bonchev–Trinajstić information content (AvgIpc) is 2.84. The first-order valence-electron chi connectivity index (χ1n) is 11.0. The number of esters is 1. The number of aliphatic hydroxyl groups is 3. The van der Waals surface area contributed by atoms with Crippen molar-refractivity contribution in [1.29, 1.82) is 0 Å². The molecule has 14 nitrogen and oxygen atoms in total. The summed E-state index contributed by atoms with van der Waals surface area (Å²) in [7, 11) is 0. The Kier molecular flexibility index (Phi) is 7.41. The number of fused-ring (bicyclic) bond motifs is 1. The van der Waals surface area contributed by atoms with Crippen molar-refractivity contribution in [3.63, 3.8) is 0 Å². The second-order valence-corrected chi connectivity index (χ2v) is 8.37. The lowest BCUT2D eigenvalue weighted by Crippen LogP contribution is -2.61. The first kappa shape index (κ1) is 26.7. The fraction of sp³-hybridized carbons (Fsp3) is 0.292. The molecule has 1 saturated heterocycles. The third-order valence-corrected chi connectivity index (χ3v) is 5.68. The summed E-state index contributed by atoms with van der Waals surface area (Å²) < 4.78 is 21.9. The minimum absolute atomic E-state index is 0.0216. The highest BCUT2D eigenvalue weighted by molar-refractivity contribution is 5.90. The number of carboxylic acids is 1. The number of rotatable bonds is 7. The summed E-state index contributed by atoms with van der Waals surface area (Å²) in [6, 6.07) is 7.05. The van der Waals surface area contributed by atoms with Crippen molar-refractivity contribution in [3.05, 3.63) is 36.4 Å². The van der Waals surface area contributed by atoms with E-state index in [0.717, 1.165) is 18.2 Å². The van der Waals surface area contributed by atoms with Crippen molar-refractivity contribution in [2.24, 2.45) is 0 Å². The van der Waals surface area contributed by atoms with E-state index < -0.39 is 72.9 Å². The first-order valence-corrected chi connectivity index (χ1v) is 11.0. The van der Waals surface area contributed by atoms with Gasteiger partial charge in [0.25, 0.3) is 0 Å². The molecule has 4 rings (SSSR count). The van der Waals surface area contributed by atoms with Crippen LogP contribution in [0.2, 0.25) is 0 Å². The van der Waals surface area contributed by atoms with Gasteiger partial charge in [0.1, 0.15) is 35.5 Å². The number of hydrogen-bond donors (Lipinski definition) is 8. The Morgan fingerprint density at radius 1 is 0.947 bits per heavy atom. The minimum atomic E-state index is -1.91. The van der Waals surface area contributed by atoms with Gasteiger partial charge in [0.2, 0.25) is 12.0 Å². The van der Waals surface area contributed by atoms with Crippen LogP contribution in [0.5, 0.6) is 28.7 Å². The Hall–Kier alpha value is -4.37. The molecule has 38 heavy (non-hydrogen) atoms. The maximum Gasteiger partial charge on any atom is 0.402 e. The highest BCUT2D eigenvalue weighted by Crippen LogP contribution is 2.42. The molecule has 1 aliphatic heterocycles. The van der Waals surface area contributed by atoms with Gasteiger partial charge in [-0.25, -0.2) is 4.42 Å². The van der Waals surface area contributed by atoms with Gasteiger partial charge in [0.05, 0.1) is 18.2 Å². The molecule has 0 radical (unpaired) electrons. The summed E-state index contributed by atoms with van der Waals surface area (Å²) in [5.74, 6) is -4.86. The van der Waals surface area contributed by atoms with Crippen LogP contribution in [-0.2, 0) is 19.1 Å². The molecule has 1 fully saturated rings. The number of carboxylic acid groups (broad SMARTS) is 1. The Bertz CT molecular complexity index is 1370. The zero-order valence-electron chi connectivity index (χ0n) is 19.3. The molecule has 202 valence electrons. The lowest BCUT2D eigenvalue weighted by atomic mass is 9.99. The molecular weight excluding hydrogens is 512 g/mol. The van der Waals surface area contributed by atoms with Gasteiger partial charge < -0.3 is 55.1 Å². The summed E-state index contributed by atoms with van der Waals surface area (Å²) in [5.41, 5.74) is 0.111. The fourth-order valence-corrected chi connectivity index (χ4v) is 3.87. The number of phenolic OH excluding ortho intramolecular Hbond substituents is 4. The molecule has 0 amide bonds. The van der Waals surface area contributed by atoms with Crippen LogP contribution in [0, 0.1) is 0 Å². The van der Waals surface area contributed by atoms with E-state index in [9.17, 15) is 45.3 Å². The SMILES string of the molecule is O=C(O)CC(=O)O[C@@H]1[C@@H](O)[C@H](Oc2cc3c(O)cc(O)cc3[o+]c2-c2ccc(O)c(O)c2)O[C@H](CO)[C@H]1O. The van der Waals surface area contributed by atoms with Crippen molar-refractivity contribution < 1.29 is 69.1 Å². The topological polar surface area (TPSA) is 235 Å². The highest BCUT2D eigenvalue weighted by atomic mass is 16.7. The zero-order chi connectivity index (χ0) is 27.7. The van der Waals surface area contributed by atoms with Crippen LogP contribution in [0.25, 0.3) is 22.3 Å². The van der Waals surface area contributed by atoms with Crippen LogP contribution in [0.3, 0.4) is 0 Å². The van der Waals surface area contributed by atoms with Gasteiger partial charge >= 0.3 is 23.3 Å². The predicted octanol–water partition coefficient (Wildman–Crippen LogP) is 0.408. The van der Waals surface area contributed by atoms with Gasteiger partial charge in [-0.2, -0.15) is 0 Å². The quantitative estimate of drug-likeness (QED) is 0.0885. The van der Waals surface area contributed by atoms with Gasteiger partial charge in [-0.05, 0) is 12.1 Å². The van der Waals surface area contributed by atoms with Crippen LogP contribution >= 0.6 is 0 Å². The molecule has 8 N–H and O–H groups in total. The lowest BCUT2D eigenvalue weighted by Gasteiger charge is -2.40. The van der Waals surface area contributed by atoms with Crippen molar-refractivity contribution in [2.75, 3.05) is 6.61 Å². The number of benzene rings is 2. The highest BCUT2D eigenvalue weighted by Gasteiger charge is 2.48. The molecule has 0 aliphatic carbocycles. The summed E-state index contributed by atoms with van der Waals surface area (Å²) in [6.07, 6.45) is -9.66. The van der Waals surface area contributed by atoms with Gasteiger partial charge in [-0.15, -0.1) is 0 Å². The van der Waals surface area contributed by atoms with Crippen LogP contribution in [0.1, 0.15) is 6.42 Å². The number of carbonyl (C=O) groups excluding carboxylic acids is 1. The summed E-state index contributed by atoms with van der Waals surface area (Å²) in [4.78, 5) is 22.7. The van der Waals surface area contributed by atoms with E-state index in [2.05, 4.69) is 0 Å². The van der Waals surface area contributed by atoms with Crippen molar-refractivity contribution in [2.45, 2.75) is 37.1 Å². The van der Waals surface area contributed by atoms with Crippen LogP contribution in [0.15, 0.2) is 40.8 Å². The van der Waals surface area contributed by atoms with E-state index in [-0.39, 0.29) is 33.8 Å². The third-order valence-electron chi connectivity index (χ3n) is 5.68. The molecule has 0 spiro atoms. The van der Waals surface area contributed by atoms with Gasteiger partial charge in [-0.3, -0.25) is 9.59 Å². The number of carbonyl (C=O) groups is 2. The second kappa shape index (κ2) is 10.5. The predicted molar refractivity (Wildman–Crippen MR) is 123 cm³/mol. The molecular formula is C24H23O14+. The Balaban J connectivity index is 1.77. The molecule has 2 aromatic carbocycles. The normalized spacial score (nSPS) is 23.2. The van der Waals surface area contributed by atoms with Crippen molar-refractivity contribution in [3.8, 4) is 40.1 Å². The maximum atomic E-state index is 11.9. The van der Waals surface area contributed by atoms with Crippen molar-refractivity contribution in [1.82, 2.24) is 0 Å². The van der Waals surface area contributed by atoms with E-state index in [1.807, 2.05) is 0 Å². The summed E-state index contributed by atoms with van der Waals surface area (Å²) in [6.45, 7) is -0.804. The standard InChI is InChI=1S/C24H22O14/c25-8-17-20(33)23(38-19(32)7-18(30)31)21(34)24(37-17)36-16-6-11-13(28)4-10(26)5-15(11)35-22(16)9-1-2-12(27)14(29)3-9/h1-6,17,20-21,23-25,33-34H,7-8H2,(H4-,26,27,28,29,30,31)/p+1/t17-,20-,21-,23+,24-/m1/s1. The van der Waals surface area contributed by atoms with Gasteiger partial charge in [0.15, 0.2) is 23.7 Å². The Morgan fingerprint density at radius 2 is 1.68 bits per heavy atom. The van der Waals surface area contributed by atoms with Gasteiger partial charge in [0, 0.05) is 18.2 Å². The largest absolute Gasteiger partial charge is 0.507 e. The molecule has 14 heteroatoms. The average molecular weight is 535 g/mol. The van der Waals surface area contributed by atoms with E-state index >= 15 is 0 Å². The second-order valence-electron chi connectivity index (χ2n) is 8.37. The maximum absolute atomic E-state index is 11.9. The Labute approximate surface area is 212 Å². The number of phenols is 4. The molecule has 0 saturated carbocycles. The van der Waals surface area contributed by atoms with Crippen LogP contribution < -0.4 is 4.74 Å². The molecule has 1 aliphatic rings. The molecule has 0 bridgehead atoms. The van der Waals surface area contributed by atoms with Crippen LogP contribution in [-0.4, -0.2) is 90.1 Å². The molecule has 0 unspecified atom stereocenters. The Morgan fingerprint density at radius 3 is 2.34 bits per heavy atom. The van der Waals surface area contributed by atoms with E-state index in [1.165, 1.54) is 18.2 Å². The van der Waals surface area contributed by atoms with Crippen LogP contribution in [0.4, 0.5) is 0 Å². The number of aliphatic hydroxyl groups excluding tert-OH is 3. The summed E-state index contributed by atoms with van der Waals surface area (Å²) >= 11 is 0. The summed E-state index contributed by atoms with van der Waals surface area (Å²) in [5, 5.41) is 79.5. The zero-order valence-corrected chi connectivity index (χ0v) is 19.3. The third kappa shape index (κ3) is 5.33. The minimum Gasteiger partial charge on any atom is -0.507 e. The number of aromatic hydroxyl groups is 4. The fourth-order valence-electron chi connectivity index (χ4n) is 3.87. The smallest absolute Gasteiger partial charge is 0.402 e. The number of aliphatic carboxylic acids is 1. The first-order chi connectivity index (χ1) is 18.0. The van der Waals surface area contributed by atoms with Gasteiger partial charge in [-0.1, -0.05) is 0 Å². The lowest BCUT2D eigenvalue weighted by molar-refractivity contribution is -0.281. The van der Waals surface area contributed by atoms with Crippen molar-refractivity contribution >= 4 is 22.9 Å². The van der Waals surface area contributed by atoms with E-state index in [4.69, 9.17) is 23.7 Å². The molecule has 1 aromatic heterocycles. The number of ether oxygens (including phenoxy) is 3.